The van der Waals surface area contributed by atoms with Crippen molar-refractivity contribution in [3.05, 3.63) is 72.9 Å². The number of nitrogens with zero attached hydrogens (tertiary/aromatic N) is 3. The summed E-state index contributed by atoms with van der Waals surface area (Å²) < 4.78 is 0. The van der Waals surface area contributed by atoms with E-state index in [0.29, 0.717) is 17.6 Å². The van der Waals surface area contributed by atoms with Crippen LogP contribution in [0.2, 0.25) is 0 Å². The van der Waals surface area contributed by atoms with Gasteiger partial charge in [-0.1, -0.05) is 79.2 Å². The van der Waals surface area contributed by atoms with Crippen molar-refractivity contribution in [2.24, 2.45) is 5.41 Å². The zero-order valence-corrected chi connectivity index (χ0v) is 21.6. The lowest BCUT2D eigenvalue weighted by atomic mass is 9.78. The quantitative estimate of drug-likeness (QED) is 0.305. The van der Waals surface area contributed by atoms with Crippen molar-refractivity contribution in [3.8, 4) is 6.07 Å². The van der Waals surface area contributed by atoms with Crippen LogP contribution >= 0.6 is 0 Å². The number of hydrogen-bond donors (Lipinski definition) is 0. The summed E-state index contributed by atoms with van der Waals surface area (Å²) in [6.07, 6.45) is 9.76. The highest BCUT2D eigenvalue weighted by Gasteiger charge is 2.29. The van der Waals surface area contributed by atoms with Crippen LogP contribution in [0.25, 0.3) is 0 Å². The monoisotopic (exact) mass is 439 g/mol. The van der Waals surface area contributed by atoms with Gasteiger partial charge in [0.1, 0.15) is 0 Å². The van der Waals surface area contributed by atoms with Gasteiger partial charge in [0, 0.05) is 32.6 Å². The lowest BCUT2D eigenvalue weighted by Crippen LogP contribution is -2.39. The Bertz CT molecular complexity index is 739. The zero-order chi connectivity index (χ0) is 25.3. The van der Waals surface area contributed by atoms with Crippen LogP contribution in [0.3, 0.4) is 0 Å². The van der Waals surface area contributed by atoms with Gasteiger partial charge in [-0.3, -0.25) is 9.69 Å². The molecule has 1 amide bonds. The molecule has 1 aliphatic heterocycles. The standard InChI is InChI=1S/C24H33N3O.2C2H6/c1-8-22(23(28)26(6)7)17-21(4)20(3)10-9-19(2)18-27-15-12-24(5,11-14-25)13-16-27;2*1-2/h8-10,17H,1-4,11-13,15-16,18H2,5-7H3;2*1-2H3/b10-9-,22-17+;;. The van der Waals surface area contributed by atoms with Crippen molar-refractivity contribution in [2.75, 3.05) is 33.7 Å². The van der Waals surface area contributed by atoms with Crippen molar-refractivity contribution in [3.63, 3.8) is 0 Å². The number of amides is 1. The normalized spacial score (nSPS) is 15.2. The van der Waals surface area contributed by atoms with E-state index in [1.54, 1.807) is 20.2 Å². The molecule has 0 atom stereocenters. The molecule has 0 bridgehead atoms. The number of nitriles is 1. The molecule has 32 heavy (non-hydrogen) atoms. The largest absolute Gasteiger partial charge is 0.345 e. The molecule has 178 valence electrons. The van der Waals surface area contributed by atoms with Crippen molar-refractivity contribution in [1.29, 1.82) is 5.26 Å². The molecule has 0 spiro atoms. The van der Waals surface area contributed by atoms with E-state index in [0.717, 1.165) is 43.6 Å². The molecule has 0 aliphatic carbocycles. The van der Waals surface area contributed by atoms with Gasteiger partial charge in [0.25, 0.3) is 5.91 Å². The van der Waals surface area contributed by atoms with Crippen LogP contribution in [0, 0.1) is 16.7 Å². The second-order valence-electron chi connectivity index (χ2n) is 7.97. The molecule has 1 fully saturated rings. The van der Waals surface area contributed by atoms with Crippen molar-refractivity contribution in [1.82, 2.24) is 9.80 Å². The van der Waals surface area contributed by atoms with Crippen LogP contribution in [0.4, 0.5) is 0 Å². The Labute approximate surface area is 198 Å². The van der Waals surface area contributed by atoms with Crippen LogP contribution in [-0.4, -0.2) is 49.4 Å². The molecule has 0 unspecified atom stereocenters. The second kappa shape index (κ2) is 17.0. The number of likely N-dealkylation sites (N-methyl/N-ethyl adjacent to an activating group) is 1. The van der Waals surface area contributed by atoms with Gasteiger partial charge in [-0.15, -0.1) is 0 Å². The number of carbonyl (C=O) groups excluding carboxylic acids is 1. The first-order valence-corrected chi connectivity index (χ1v) is 11.5. The number of rotatable bonds is 9. The summed E-state index contributed by atoms with van der Waals surface area (Å²) in [6.45, 7) is 28.8. The molecule has 1 aliphatic rings. The zero-order valence-electron chi connectivity index (χ0n) is 21.6. The molecular weight excluding hydrogens is 394 g/mol. The summed E-state index contributed by atoms with van der Waals surface area (Å²) >= 11 is 0. The van der Waals surface area contributed by atoms with Gasteiger partial charge in [0.15, 0.2) is 0 Å². The minimum Gasteiger partial charge on any atom is -0.345 e. The van der Waals surface area contributed by atoms with Crippen LogP contribution in [-0.2, 0) is 4.79 Å². The molecule has 0 saturated carbocycles. The van der Waals surface area contributed by atoms with Crippen LogP contribution in [0.1, 0.15) is 53.9 Å². The number of hydrogen-bond acceptors (Lipinski definition) is 3. The third-order valence-electron chi connectivity index (χ3n) is 5.13. The predicted molar refractivity (Wildman–Crippen MR) is 140 cm³/mol. The summed E-state index contributed by atoms with van der Waals surface area (Å²) in [5.74, 6) is -0.120. The second-order valence-corrected chi connectivity index (χ2v) is 7.97. The molecule has 4 nitrogen and oxygen atoms in total. The topological polar surface area (TPSA) is 47.3 Å². The van der Waals surface area contributed by atoms with E-state index in [1.807, 2.05) is 39.8 Å². The average Bonchev–Trinajstić information content (AvgIpc) is 2.79. The first-order valence-electron chi connectivity index (χ1n) is 11.5. The molecular formula is C28H45N3O. The highest BCUT2D eigenvalue weighted by molar-refractivity contribution is 5.96. The minimum absolute atomic E-state index is 0.120. The molecule has 0 aromatic carbocycles. The van der Waals surface area contributed by atoms with Gasteiger partial charge in [-0.25, -0.2) is 0 Å². The highest BCUT2D eigenvalue weighted by Crippen LogP contribution is 2.34. The van der Waals surface area contributed by atoms with E-state index < -0.39 is 0 Å². The molecule has 1 heterocycles. The maximum Gasteiger partial charge on any atom is 0.253 e. The van der Waals surface area contributed by atoms with E-state index in [2.05, 4.69) is 44.2 Å². The van der Waals surface area contributed by atoms with Gasteiger partial charge in [0.2, 0.25) is 0 Å². The molecule has 0 radical (unpaired) electrons. The van der Waals surface area contributed by atoms with E-state index in [4.69, 9.17) is 5.26 Å². The first kappa shape index (κ1) is 31.5. The van der Waals surface area contributed by atoms with Gasteiger partial charge in [-0.05, 0) is 54.1 Å². The Balaban J connectivity index is 0. The Morgan fingerprint density at radius 3 is 2.03 bits per heavy atom. The highest BCUT2D eigenvalue weighted by atomic mass is 16.2. The number of likely N-dealkylation sites (tertiary alicyclic amines) is 1. The SMILES string of the molecule is C=C/C(=C\C(=C)C(=C)/C=C\C(=C)CN1CCC(C)(CC#N)CC1)C(=O)N(C)C.CC.CC. The molecule has 0 aromatic heterocycles. The molecule has 0 aromatic rings. The fourth-order valence-electron chi connectivity index (χ4n) is 3.03. The lowest BCUT2D eigenvalue weighted by molar-refractivity contribution is -0.124. The third-order valence-corrected chi connectivity index (χ3v) is 5.13. The summed E-state index contributed by atoms with van der Waals surface area (Å²) in [4.78, 5) is 15.9. The smallest absolute Gasteiger partial charge is 0.253 e. The van der Waals surface area contributed by atoms with Crippen LogP contribution < -0.4 is 0 Å². The van der Waals surface area contributed by atoms with Gasteiger partial charge >= 0.3 is 0 Å². The van der Waals surface area contributed by atoms with Crippen molar-refractivity contribution >= 4 is 5.91 Å². The molecule has 0 N–H and O–H groups in total. The fraction of sp³-hybridized carbons (Fsp3) is 0.500. The molecule has 4 heteroatoms. The van der Waals surface area contributed by atoms with Gasteiger partial charge < -0.3 is 4.90 Å². The van der Waals surface area contributed by atoms with Crippen LogP contribution in [0.15, 0.2) is 72.9 Å². The van der Waals surface area contributed by atoms with E-state index in [-0.39, 0.29) is 11.3 Å². The maximum absolute atomic E-state index is 12.1. The van der Waals surface area contributed by atoms with Crippen molar-refractivity contribution < 1.29 is 4.79 Å². The van der Waals surface area contributed by atoms with E-state index >= 15 is 0 Å². The summed E-state index contributed by atoms with van der Waals surface area (Å²) in [6, 6.07) is 2.31. The summed E-state index contributed by atoms with van der Waals surface area (Å²) in [5.41, 5.74) is 3.02. The Morgan fingerprint density at radius 2 is 1.59 bits per heavy atom. The predicted octanol–water partition coefficient (Wildman–Crippen LogP) is 6.48. The summed E-state index contributed by atoms with van der Waals surface area (Å²) in [7, 11) is 3.40. The molecule has 1 saturated heterocycles. The Morgan fingerprint density at radius 1 is 1.06 bits per heavy atom. The van der Waals surface area contributed by atoms with Gasteiger partial charge in [0.05, 0.1) is 6.07 Å². The first-order chi connectivity index (χ1) is 15.1. The third kappa shape index (κ3) is 11.7. The van der Waals surface area contributed by atoms with Crippen molar-refractivity contribution in [2.45, 2.75) is 53.9 Å². The van der Waals surface area contributed by atoms with Crippen LogP contribution in [0.5, 0.6) is 0 Å². The average molecular weight is 440 g/mol. The van der Waals surface area contributed by atoms with Gasteiger partial charge in [-0.2, -0.15) is 5.26 Å². The van der Waals surface area contributed by atoms with E-state index in [1.165, 1.54) is 11.0 Å². The minimum atomic E-state index is -0.120. The van der Waals surface area contributed by atoms with E-state index in [9.17, 15) is 4.79 Å². The molecule has 1 rings (SSSR count). The fourth-order valence-corrected chi connectivity index (χ4v) is 3.03. The lowest BCUT2D eigenvalue weighted by Gasteiger charge is -2.38. The summed E-state index contributed by atoms with van der Waals surface area (Å²) in [5, 5.41) is 8.96. The Kier molecular flexibility index (Phi) is 16.7. The number of piperidine rings is 1. The number of allylic oxidation sites excluding steroid dienone is 4. The number of carbonyl (C=O) groups is 1. The Hall–Kier alpha value is -2.64. The maximum atomic E-state index is 12.1.